The van der Waals surface area contributed by atoms with Crippen molar-refractivity contribution in [3.8, 4) is 22.8 Å². The Morgan fingerprint density at radius 2 is 1.69 bits per heavy atom. The number of hydrogen-bond acceptors (Lipinski definition) is 5. The first kappa shape index (κ1) is 21.0. The standard InChI is InChI=1S/C25H20FN3O3/c26-20-14-18(8-11-23(20)31)22-15-27-25(21(28-22)12-16-4-2-1-3-5-16)29-24(32)13-17-6-9-19(30)10-7-17/h1-11,14-15,30-31H,12-13H2,(H,27,29,32). The van der Waals surface area contributed by atoms with E-state index >= 15 is 0 Å². The minimum atomic E-state index is -0.750. The molecule has 0 saturated heterocycles. The zero-order valence-electron chi connectivity index (χ0n) is 17.0. The van der Waals surface area contributed by atoms with Gasteiger partial charge in [-0.3, -0.25) is 4.79 Å². The number of carbonyl (C=O) groups is 1. The SMILES string of the molecule is O=C(Cc1ccc(O)cc1)Nc1ncc(-c2ccc(O)c(F)c2)nc1Cc1ccccc1. The number of rotatable bonds is 6. The van der Waals surface area contributed by atoms with E-state index in [0.717, 1.165) is 11.1 Å². The molecule has 0 spiro atoms. The van der Waals surface area contributed by atoms with Crippen LogP contribution in [0.3, 0.4) is 0 Å². The summed E-state index contributed by atoms with van der Waals surface area (Å²) >= 11 is 0. The van der Waals surface area contributed by atoms with E-state index in [0.29, 0.717) is 29.2 Å². The minimum absolute atomic E-state index is 0.109. The van der Waals surface area contributed by atoms with Gasteiger partial charge in [0.1, 0.15) is 5.75 Å². The van der Waals surface area contributed by atoms with E-state index in [9.17, 15) is 19.4 Å². The Morgan fingerprint density at radius 1 is 0.938 bits per heavy atom. The third-order valence-corrected chi connectivity index (χ3v) is 4.86. The molecule has 0 unspecified atom stereocenters. The summed E-state index contributed by atoms with van der Waals surface area (Å²) in [7, 11) is 0. The van der Waals surface area contributed by atoms with Crippen LogP contribution < -0.4 is 5.32 Å². The molecular formula is C25H20FN3O3. The van der Waals surface area contributed by atoms with E-state index in [1.54, 1.807) is 18.2 Å². The molecule has 0 aliphatic rings. The summed E-state index contributed by atoms with van der Waals surface area (Å²) < 4.78 is 13.8. The van der Waals surface area contributed by atoms with Crippen molar-refractivity contribution in [2.75, 3.05) is 5.32 Å². The molecule has 32 heavy (non-hydrogen) atoms. The van der Waals surface area contributed by atoms with Gasteiger partial charge in [-0.25, -0.2) is 14.4 Å². The van der Waals surface area contributed by atoms with Crippen molar-refractivity contribution in [1.29, 1.82) is 0 Å². The van der Waals surface area contributed by atoms with E-state index in [1.807, 2.05) is 30.3 Å². The molecule has 1 heterocycles. The fraction of sp³-hybridized carbons (Fsp3) is 0.0800. The van der Waals surface area contributed by atoms with Crippen LogP contribution in [0.5, 0.6) is 11.5 Å². The number of amides is 1. The molecule has 6 nitrogen and oxygen atoms in total. The number of aromatic nitrogens is 2. The van der Waals surface area contributed by atoms with Gasteiger partial charge < -0.3 is 15.5 Å². The van der Waals surface area contributed by atoms with Crippen molar-refractivity contribution in [2.24, 2.45) is 0 Å². The molecule has 4 rings (SSSR count). The summed E-state index contributed by atoms with van der Waals surface area (Å²) in [4.78, 5) is 21.6. The van der Waals surface area contributed by atoms with Gasteiger partial charge >= 0.3 is 0 Å². The number of halogens is 1. The largest absolute Gasteiger partial charge is 0.508 e. The van der Waals surface area contributed by atoms with E-state index in [2.05, 4.69) is 15.3 Å². The smallest absolute Gasteiger partial charge is 0.229 e. The molecule has 0 aliphatic carbocycles. The van der Waals surface area contributed by atoms with Gasteiger partial charge in [0.25, 0.3) is 0 Å². The highest BCUT2D eigenvalue weighted by Gasteiger charge is 2.14. The summed E-state index contributed by atoms with van der Waals surface area (Å²) in [5.41, 5.74) is 3.13. The Labute approximate surface area is 184 Å². The molecule has 0 radical (unpaired) electrons. The summed E-state index contributed by atoms with van der Waals surface area (Å²) in [5.74, 6) is -1.01. The van der Waals surface area contributed by atoms with Gasteiger partial charge in [-0.1, -0.05) is 42.5 Å². The van der Waals surface area contributed by atoms with Crippen molar-refractivity contribution in [1.82, 2.24) is 9.97 Å². The zero-order valence-corrected chi connectivity index (χ0v) is 17.0. The number of phenolic OH excluding ortho intramolecular Hbond substituents is 2. The Kier molecular flexibility index (Phi) is 6.07. The maximum Gasteiger partial charge on any atom is 0.229 e. The van der Waals surface area contributed by atoms with Crippen LogP contribution in [0.2, 0.25) is 0 Å². The highest BCUT2D eigenvalue weighted by atomic mass is 19.1. The van der Waals surface area contributed by atoms with Crippen LogP contribution in [0.4, 0.5) is 10.2 Å². The first-order valence-electron chi connectivity index (χ1n) is 9.94. The number of carbonyl (C=O) groups excluding carboxylic acids is 1. The van der Waals surface area contributed by atoms with Crippen LogP contribution in [0.1, 0.15) is 16.8 Å². The van der Waals surface area contributed by atoms with Gasteiger partial charge in [-0.2, -0.15) is 0 Å². The molecule has 160 valence electrons. The van der Waals surface area contributed by atoms with Gasteiger partial charge in [0.2, 0.25) is 5.91 Å². The van der Waals surface area contributed by atoms with Crippen molar-refractivity contribution in [3.05, 3.63) is 102 Å². The lowest BCUT2D eigenvalue weighted by Crippen LogP contribution is -2.17. The summed E-state index contributed by atoms with van der Waals surface area (Å²) in [6, 6.07) is 20.0. The first-order chi connectivity index (χ1) is 15.5. The van der Waals surface area contributed by atoms with Gasteiger partial charge in [0.05, 0.1) is 24.0 Å². The number of phenols is 2. The Hall–Kier alpha value is -4.26. The molecule has 1 amide bonds. The number of nitrogens with one attached hydrogen (secondary N) is 1. The average Bonchev–Trinajstić information content (AvgIpc) is 2.79. The topological polar surface area (TPSA) is 95.3 Å². The molecule has 3 aromatic carbocycles. The lowest BCUT2D eigenvalue weighted by molar-refractivity contribution is -0.115. The average molecular weight is 429 g/mol. The number of anilines is 1. The summed E-state index contributed by atoms with van der Waals surface area (Å²) in [6.45, 7) is 0. The van der Waals surface area contributed by atoms with Crippen molar-refractivity contribution < 1.29 is 19.4 Å². The van der Waals surface area contributed by atoms with Crippen LogP contribution in [0, 0.1) is 5.82 Å². The molecule has 0 atom stereocenters. The third kappa shape index (κ3) is 5.07. The van der Waals surface area contributed by atoms with E-state index in [4.69, 9.17) is 0 Å². The van der Waals surface area contributed by atoms with Gasteiger partial charge in [0.15, 0.2) is 17.4 Å². The second-order valence-corrected chi connectivity index (χ2v) is 7.27. The molecule has 0 aliphatic heterocycles. The van der Waals surface area contributed by atoms with Crippen LogP contribution in [-0.4, -0.2) is 26.1 Å². The fourth-order valence-electron chi connectivity index (χ4n) is 3.23. The second kappa shape index (κ2) is 9.26. The lowest BCUT2D eigenvalue weighted by Gasteiger charge is -2.12. The maximum atomic E-state index is 13.8. The number of hydrogen-bond donors (Lipinski definition) is 3. The third-order valence-electron chi connectivity index (χ3n) is 4.86. The molecule has 4 aromatic rings. The number of aromatic hydroxyl groups is 2. The second-order valence-electron chi connectivity index (χ2n) is 7.27. The summed E-state index contributed by atoms with van der Waals surface area (Å²) in [5, 5.41) is 21.6. The van der Waals surface area contributed by atoms with E-state index in [-0.39, 0.29) is 18.1 Å². The quantitative estimate of drug-likeness (QED) is 0.420. The van der Waals surface area contributed by atoms with Crippen LogP contribution >= 0.6 is 0 Å². The fourth-order valence-corrected chi connectivity index (χ4v) is 3.23. The first-order valence-corrected chi connectivity index (χ1v) is 9.94. The molecule has 0 fully saturated rings. The molecular weight excluding hydrogens is 409 g/mol. The van der Waals surface area contributed by atoms with Crippen LogP contribution in [0.25, 0.3) is 11.3 Å². The predicted octanol–water partition coefficient (Wildman–Crippen LogP) is 4.47. The Morgan fingerprint density at radius 3 is 2.41 bits per heavy atom. The van der Waals surface area contributed by atoms with Gasteiger partial charge in [0, 0.05) is 12.0 Å². The normalized spacial score (nSPS) is 10.7. The van der Waals surface area contributed by atoms with Crippen LogP contribution in [0.15, 0.2) is 79.0 Å². The molecule has 3 N–H and O–H groups in total. The Bertz CT molecular complexity index is 1250. The number of nitrogens with zero attached hydrogens (tertiary/aromatic N) is 2. The highest BCUT2D eigenvalue weighted by Crippen LogP contribution is 2.25. The van der Waals surface area contributed by atoms with Crippen LogP contribution in [-0.2, 0) is 17.6 Å². The predicted molar refractivity (Wildman–Crippen MR) is 119 cm³/mol. The van der Waals surface area contributed by atoms with Gasteiger partial charge in [-0.05, 0) is 41.5 Å². The minimum Gasteiger partial charge on any atom is -0.508 e. The molecule has 7 heteroatoms. The van der Waals surface area contributed by atoms with Gasteiger partial charge in [-0.15, -0.1) is 0 Å². The molecule has 1 aromatic heterocycles. The zero-order chi connectivity index (χ0) is 22.5. The molecule has 0 saturated carbocycles. The lowest BCUT2D eigenvalue weighted by atomic mass is 10.1. The summed E-state index contributed by atoms with van der Waals surface area (Å²) in [6.07, 6.45) is 1.98. The highest BCUT2D eigenvalue weighted by molar-refractivity contribution is 5.92. The maximum absolute atomic E-state index is 13.8. The van der Waals surface area contributed by atoms with Crippen molar-refractivity contribution in [2.45, 2.75) is 12.8 Å². The monoisotopic (exact) mass is 429 g/mol. The Balaban J connectivity index is 1.63. The van der Waals surface area contributed by atoms with E-state index in [1.165, 1.54) is 30.5 Å². The van der Waals surface area contributed by atoms with E-state index < -0.39 is 11.6 Å². The number of benzene rings is 3. The molecule has 0 bridgehead atoms. The van der Waals surface area contributed by atoms with Crippen molar-refractivity contribution in [3.63, 3.8) is 0 Å². The van der Waals surface area contributed by atoms with Crippen molar-refractivity contribution >= 4 is 11.7 Å².